The van der Waals surface area contributed by atoms with E-state index in [-0.39, 0.29) is 47.8 Å². The highest BCUT2D eigenvalue weighted by molar-refractivity contribution is 6.34. The normalized spacial score (nSPS) is 26.9. The van der Waals surface area contributed by atoms with E-state index >= 15 is 0 Å². The summed E-state index contributed by atoms with van der Waals surface area (Å²) in [6, 6.07) is 14.3. The fraction of sp³-hybridized carbons (Fsp3) is 0.261. The maximum absolute atomic E-state index is 12.9. The second kappa shape index (κ2) is 6.85. The number of anilines is 2. The van der Waals surface area contributed by atoms with Crippen molar-refractivity contribution in [1.29, 1.82) is 0 Å². The van der Waals surface area contributed by atoms with E-state index in [1.54, 1.807) is 18.2 Å². The zero-order valence-corrected chi connectivity index (χ0v) is 16.3. The lowest BCUT2D eigenvalue weighted by Gasteiger charge is -2.18. The van der Waals surface area contributed by atoms with Crippen LogP contribution >= 0.6 is 11.6 Å². The van der Waals surface area contributed by atoms with Crippen molar-refractivity contribution in [2.75, 3.05) is 10.2 Å². The summed E-state index contributed by atoms with van der Waals surface area (Å²) >= 11 is 6.36. The lowest BCUT2D eigenvalue weighted by Crippen LogP contribution is -2.32. The number of hydrogen-bond acceptors (Lipinski definition) is 3. The maximum Gasteiger partial charge on any atom is 0.238 e. The van der Waals surface area contributed by atoms with Gasteiger partial charge in [0.2, 0.25) is 17.7 Å². The Hall–Kier alpha value is -2.92. The van der Waals surface area contributed by atoms with Gasteiger partial charge in [0.1, 0.15) is 0 Å². The van der Waals surface area contributed by atoms with E-state index in [0.717, 1.165) is 12.0 Å². The van der Waals surface area contributed by atoms with Gasteiger partial charge in [0.15, 0.2) is 0 Å². The van der Waals surface area contributed by atoms with E-state index in [9.17, 15) is 14.4 Å². The summed E-state index contributed by atoms with van der Waals surface area (Å²) in [7, 11) is 0. The molecular weight excluding hydrogens is 388 g/mol. The first kappa shape index (κ1) is 18.1. The molecule has 0 spiro atoms. The molecule has 2 bridgehead atoms. The second-order valence-electron chi connectivity index (χ2n) is 7.89. The standard InChI is InChI=1S/C23H19ClN2O3/c24-17-12-16(8-9-18(17)25-19(27)10-13-4-2-1-3-5-13)26-22(28)20-14-6-7-15(11-14)21(20)23(26)29/h1-9,12,14-15,20-21H,10-11H2,(H,25,27). The molecule has 1 heterocycles. The minimum absolute atomic E-state index is 0.145. The van der Waals surface area contributed by atoms with Gasteiger partial charge >= 0.3 is 0 Å². The van der Waals surface area contributed by atoms with Crippen LogP contribution in [0.5, 0.6) is 0 Å². The molecule has 4 unspecified atom stereocenters. The molecule has 146 valence electrons. The van der Waals surface area contributed by atoms with E-state index in [0.29, 0.717) is 16.4 Å². The Morgan fingerprint density at radius 2 is 1.66 bits per heavy atom. The Balaban J connectivity index is 1.33. The Bertz CT molecular complexity index is 1020. The summed E-state index contributed by atoms with van der Waals surface area (Å²) in [6.45, 7) is 0. The highest BCUT2D eigenvalue weighted by atomic mass is 35.5. The smallest absolute Gasteiger partial charge is 0.238 e. The minimum Gasteiger partial charge on any atom is -0.324 e. The van der Waals surface area contributed by atoms with Gasteiger partial charge in [-0.3, -0.25) is 14.4 Å². The molecule has 6 heteroatoms. The van der Waals surface area contributed by atoms with Crippen molar-refractivity contribution >= 4 is 40.7 Å². The Kier molecular flexibility index (Phi) is 4.28. The number of nitrogens with zero attached hydrogens (tertiary/aromatic N) is 1. The highest BCUT2D eigenvalue weighted by Crippen LogP contribution is 2.53. The molecule has 2 aromatic carbocycles. The van der Waals surface area contributed by atoms with Gasteiger partial charge in [0.25, 0.3) is 0 Å². The SMILES string of the molecule is O=C(Cc1ccccc1)Nc1ccc(N2C(=O)C3C4C=CC(C4)C3C2=O)cc1Cl. The van der Waals surface area contributed by atoms with E-state index in [2.05, 4.69) is 17.5 Å². The Labute approximate surface area is 173 Å². The van der Waals surface area contributed by atoms with Crippen molar-refractivity contribution in [3.8, 4) is 0 Å². The first-order valence-electron chi connectivity index (χ1n) is 9.72. The molecule has 1 saturated heterocycles. The van der Waals surface area contributed by atoms with Crippen molar-refractivity contribution in [2.24, 2.45) is 23.7 Å². The van der Waals surface area contributed by atoms with Crippen LogP contribution in [-0.2, 0) is 20.8 Å². The van der Waals surface area contributed by atoms with E-state index in [1.165, 1.54) is 4.90 Å². The predicted molar refractivity (Wildman–Crippen MR) is 110 cm³/mol. The quantitative estimate of drug-likeness (QED) is 0.619. The van der Waals surface area contributed by atoms with Gasteiger partial charge < -0.3 is 5.32 Å². The van der Waals surface area contributed by atoms with Crippen molar-refractivity contribution in [1.82, 2.24) is 0 Å². The molecule has 1 saturated carbocycles. The third kappa shape index (κ3) is 2.97. The van der Waals surface area contributed by atoms with Gasteiger partial charge in [-0.1, -0.05) is 54.1 Å². The molecule has 5 rings (SSSR count). The van der Waals surface area contributed by atoms with Crippen LogP contribution in [0.2, 0.25) is 5.02 Å². The van der Waals surface area contributed by atoms with Crippen LogP contribution in [0.15, 0.2) is 60.7 Å². The lowest BCUT2D eigenvalue weighted by atomic mass is 9.85. The number of carbonyl (C=O) groups excluding carboxylic acids is 3. The summed E-state index contributed by atoms with van der Waals surface area (Å²) in [6.07, 6.45) is 5.27. The molecule has 3 aliphatic rings. The number of allylic oxidation sites excluding steroid dienone is 2. The summed E-state index contributed by atoms with van der Waals surface area (Å²) in [4.78, 5) is 39.4. The molecule has 2 fully saturated rings. The Morgan fingerprint density at radius 1 is 1.00 bits per heavy atom. The molecule has 2 aromatic rings. The molecule has 4 atom stereocenters. The van der Waals surface area contributed by atoms with Gasteiger partial charge in [0, 0.05) is 0 Å². The zero-order chi connectivity index (χ0) is 20.1. The average Bonchev–Trinajstić information content (AvgIpc) is 3.38. The zero-order valence-electron chi connectivity index (χ0n) is 15.5. The predicted octanol–water partition coefficient (Wildman–Crippen LogP) is 3.83. The van der Waals surface area contributed by atoms with Gasteiger partial charge in [-0.25, -0.2) is 4.90 Å². The molecule has 0 aromatic heterocycles. The number of carbonyl (C=O) groups is 3. The molecule has 3 amide bonds. The summed E-state index contributed by atoms with van der Waals surface area (Å²) < 4.78 is 0. The molecule has 2 aliphatic carbocycles. The number of fused-ring (bicyclic) bond motifs is 5. The largest absolute Gasteiger partial charge is 0.324 e. The second-order valence-corrected chi connectivity index (χ2v) is 8.29. The first-order valence-corrected chi connectivity index (χ1v) is 10.1. The number of amides is 3. The minimum atomic E-state index is -0.249. The summed E-state index contributed by atoms with van der Waals surface area (Å²) in [5.74, 6) is -0.640. The number of benzene rings is 2. The van der Waals surface area contributed by atoms with Gasteiger partial charge in [-0.05, 0) is 42.0 Å². The molecular formula is C23H19ClN2O3. The van der Waals surface area contributed by atoms with Crippen LogP contribution in [0, 0.1) is 23.7 Å². The third-order valence-corrected chi connectivity index (χ3v) is 6.48. The topological polar surface area (TPSA) is 66.5 Å². The van der Waals surface area contributed by atoms with Crippen LogP contribution in [0.25, 0.3) is 0 Å². The fourth-order valence-electron chi connectivity index (χ4n) is 4.88. The number of rotatable bonds is 4. The molecule has 1 N–H and O–H groups in total. The number of nitrogens with one attached hydrogen (secondary N) is 1. The van der Waals surface area contributed by atoms with Crippen LogP contribution in [-0.4, -0.2) is 17.7 Å². The van der Waals surface area contributed by atoms with E-state index in [4.69, 9.17) is 11.6 Å². The van der Waals surface area contributed by atoms with Gasteiger partial charge in [-0.15, -0.1) is 0 Å². The Morgan fingerprint density at radius 3 is 2.28 bits per heavy atom. The molecule has 1 aliphatic heterocycles. The van der Waals surface area contributed by atoms with Crippen molar-refractivity contribution < 1.29 is 14.4 Å². The average molecular weight is 407 g/mol. The monoisotopic (exact) mass is 406 g/mol. The first-order chi connectivity index (χ1) is 14.0. The van der Waals surface area contributed by atoms with Crippen LogP contribution in [0.4, 0.5) is 11.4 Å². The highest BCUT2D eigenvalue weighted by Gasteiger charge is 2.59. The van der Waals surface area contributed by atoms with Gasteiger partial charge in [-0.2, -0.15) is 0 Å². The number of hydrogen-bond donors (Lipinski definition) is 1. The molecule has 5 nitrogen and oxygen atoms in total. The molecule has 29 heavy (non-hydrogen) atoms. The third-order valence-electron chi connectivity index (χ3n) is 6.16. The molecule has 0 radical (unpaired) electrons. The van der Waals surface area contributed by atoms with Gasteiger partial charge in [0.05, 0.1) is 34.7 Å². The van der Waals surface area contributed by atoms with Crippen LogP contribution in [0.3, 0.4) is 0 Å². The fourth-order valence-corrected chi connectivity index (χ4v) is 5.10. The van der Waals surface area contributed by atoms with Crippen LogP contribution < -0.4 is 10.2 Å². The van der Waals surface area contributed by atoms with E-state index in [1.807, 2.05) is 30.3 Å². The summed E-state index contributed by atoms with van der Waals surface area (Å²) in [5.41, 5.74) is 1.82. The van der Waals surface area contributed by atoms with Crippen molar-refractivity contribution in [2.45, 2.75) is 12.8 Å². The summed E-state index contributed by atoms with van der Waals surface area (Å²) in [5, 5.41) is 3.09. The number of imide groups is 1. The van der Waals surface area contributed by atoms with Crippen LogP contribution in [0.1, 0.15) is 12.0 Å². The maximum atomic E-state index is 12.9. The van der Waals surface area contributed by atoms with Crippen molar-refractivity contribution in [3.63, 3.8) is 0 Å². The lowest BCUT2D eigenvalue weighted by molar-refractivity contribution is -0.123. The van der Waals surface area contributed by atoms with Crippen molar-refractivity contribution in [3.05, 3.63) is 71.3 Å². The van der Waals surface area contributed by atoms with E-state index < -0.39 is 0 Å². The number of halogens is 1.